The number of carbonyl (C=O) groups excluding carboxylic acids is 2. The van der Waals surface area contributed by atoms with Gasteiger partial charge in [-0.2, -0.15) is 0 Å². The van der Waals surface area contributed by atoms with Crippen LogP contribution in [-0.4, -0.2) is 21.5 Å². The van der Waals surface area contributed by atoms with Crippen LogP contribution in [0, 0.1) is 0 Å². The summed E-state index contributed by atoms with van der Waals surface area (Å²) in [6.45, 7) is 0. The molecule has 0 saturated heterocycles. The van der Waals surface area contributed by atoms with Gasteiger partial charge < -0.3 is 9.97 Å². The van der Waals surface area contributed by atoms with Crippen LogP contribution >= 0.6 is 0 Å². The number of benzene rings is 5. The van der Waals surface area contributed by atoms with E-state index in [1.807, 2.05) is 109 Å². The Morgan fingerprint density at radius 1 is 0.444 bits per heavy atom. The molecule has 4 heteroatoms. The number of ketones is 2. The standard InChI is InChI=1S/C32H20N2O2/c35-31(19-11-3-1-4-12-19)27-25-21-15-7-9-17-23(21)33-29(25)28(32(36)20-13-5-2-6-14-20)30-26(27)22-16-8-10-18-24(22)34-30/h1-18,33-34H. The van der Waals surface area contributed by atoms with Gasteiger partial charge in [0, 0.05) is 49.3 Å². The Labute approximate surface area is 206 Å². The molecule has 0 aliphatic heterocycles. The maximum atomic E-state index is 14.2. The van der Waals surface area contributed by atoms with Crippen molar-refractivity contribution in [3.63, 3.8) is 0 Å². The fourth-order valence-corrected chi connectivity index (χ4v) is 5.35. The van der Waals surface area contributed by atoms with Crippen LogP contribution in [0.1, 0.15) is 31.8 Å². The van der Waals surface area contributed by atoms with Gasteiger partial charge in [0.2, 0.25) is 0 Å². The topological polar surface area (TPSA) is 65.7 Å². The second kappa shape index (κ2) is 7.79. The van der Waals surface area contributed by atoms with Crippen molar-refractivity contribution in [2.24, 2.45) is 0 Å². The smallest absolute Gasteiger partial charge is 0.197 e. The van der Waals surface area contributed by atoms with Gasteiger partial charge in [0.1, 0.15) is 0 Å². The lowest BCUT2D eigenvalue weighted by Crippen LogP contribution is -2.08. The van der Waals surface area contributed by atoms with E-state index in [9.17, 15) is 9.59 Å². The minimum Gasteiger partial charge on any atom is -0.354 e. The zero-order valence-corrected chi connectivity index (χ0v) is 19.2. The van der Waals surface area contributed by atoms with Crippen molar-refractivity contribution in [2.45, 2.75) is 0 Å². The minimum absolute atomic E-state index is 0.0705. The number of rotatable bonds is 4. The normalized spacial score (nSPS) is 11.6. The van der Waals surface area contributed by atoms with Crippen molar-refractivity contribution >= 4 is 55.2 Å². The lowest BCUT2D eigenvalue weighted by Gasteiger charge is -2.12. The summed E-state index contributed by atoms with van der Waals surface area (Å²) in [5.41, 5.74) is 5.46. The molecule has 0 bridgehead atoms. The molecule has 36 heavy (non-hydrogen) atoms. The van der Waals surface area contributed by atoms with Gasteiger partial charge in [-0.1, -0.05) is 97.1 Å². The first-order chi connectivity index (χ1) is 17.7. The van der Waals surface area contributed by atoms with Crippen molar-refractivity contribution in [2.75, 3.05) is 0 Å². The maximum absolute atomic E-state index is 14.2. The first-order valence-electron chi connectivity index (χ1n) is 11.9. The van der Waals surface area contributed by atoms with Gasteiger partial charge in [-0.05, 0) is 12.1 Å². The summed E-state index contributed by atoms with van der Waals surface area (Å²) in [7, 11) is 0. The van der Waals surface area contributed by atoms with Crippen LogP contribution < -0.4 is 0 Å². The molecule has 7 aromatic rings. The Hall–Kier alpha value is -4.96. The van der Waals surface area contributed by atoms with Gasteiger partial charge >= 0.3 is 0 Å². The third kappa shape index (κ3) is 2.88. The van der Waals surface area contributed by atoms with E-state index < -0.39 is 0 Å². The molecule has 2 aromatic heterocycles. The largest absolute Gasteiger partial charge is 0.354 e. The molecular formula is C32H20N2O2. The van der Waals surface area contributed by atoms with Gasteiger partial charge in [-0.25, -0.2) is 0 Å². The molecule has 0 spiro atoms. The highest BCUT2D eigenvalue weighted by atomic mass is 16.1. The average molecular weight is 465 g/mol. The SMILES string of the molecule is O=C(c1ccccc1)c1c2[nH]c3ccccc3c2c(C(=O)c2ccccc2)c2c1[nH]c1ccccc12. The molecule has 0 saturated carbocycles. The number of aromatic amines is 2. The van der Waals surface area contributed by atoms with Crippen molar-refractivity contribution in [3.8, 4) is 0 Å². The quantitative estimate of drug-likeness (QED) is 0.266. The van der Waals surface area contributed by atoms with Crippen LogP contribution in [0.25, 0.3) is 43.6 Å². The number of hydrogen-bond acceptors (Lipinski definition) is 2. The van der Waals surface area contributed by atoms with Gasteiger partial charge in [-0.3, -0.25) is 9.59 Å². The number of para-hydroxylation sites is 2. The van der Waals surface area contributed by atoms with Gasteiger partial charge in [0.05, 0.1) is 16.6 Å². The second-order valence-electron chi connectivity index (χ2n) is 8.98. The zero-order valence-electron chi connectivity index (χ0n) is 19.2. The van der Waals surface area contributed by atoms with E-state index in [1.54, 1.807) is 0 Å². The predicted molar refractivity (Wildman–Crippen MR) is 145 cm³/mol. The van der Waals surface area contributed by atoms with Crippen LogP contribution in [0.5, 0.6) is 0 Å². The van der Waals surface area contributed by atoms with E-state index in [4.69, 9.17) is 0 Å². The monoisotopic (exact) mass is 464 g/mol. The molecular weight excluding hydrogens is 444 g/mol. The second-order valence-corrected chi connectivity index (χ2v) is 8.98. The van der Waals surface area contributed by atoms with Crippen LogP contribution in [0.3, 0.4) is 0 Å². The van der Waals surface area contributed by atoms with Crippen LogP contribution in [0.15, 0.2) is 109 Å². The molecule has 170 valence electrons. The van der Waals surface area contributed by atoms with Crippen molar-refractivity contribution in [1.29, 1.82) is 0 Å². The first-order valence-corrected chi connectivity index (χ1v) is 11.9. The average Bonchev–Trinajstić information content (AvgIpc) is 3.51. The maximum Gasteiger partial charge on any atom is 0.197 e. The van der Waals surface area contributed by atoms with E-state index in [2.05, 4.69) is 9.97 Å². The summed E-state index contributed by atoms with van der Waals surface area (Å²) in [6.07, 6.45) is 0. The molecule has 0 fully saturated rings. The third-order valence-corrected chi connectivity index (χ3v) is 6.94. The molecule has 0 atom stereocenters. The Bertz CT molecular complexity index is 1870. The summed E-state index contributed by atoms with van der Waals surface area (Å²) >= 11 is 0. The zero-order chi connectivity index (χ0) is 24.2. The Morgan fingerprint density at radius 2 is 0.833 bits per heavy atom. The van der Waals surface area contributed by atoms with E-state index in [0.717, 1.165) is 32.6 Å². The molecule has 2 N–H and O–H groups in total. The van der Waals surface area contributed by atoms with E-state index in [-0.39, 0.29) is 11.6 Å². The minimum atomic E-state index is -0.0950. The highest BCUT2D eigenvalue weighted by Crippen LogP contribution is 2.42. The molecule has 2 heterocycles. The van der Waals surface area contributed by atoms with Crippen molar-refractivity contribution in [1.82, 2.24) is 9.97 Å². The molecule has 0 unspecified atom stereocenters. The number of hydrogen-bond donors (Lipinski definition) is 2. The van der Waals surface area contributed by atoms with Crippen molar-refractivity contribution in [3.05, 3.63) is 131 Å². The Balaban J connectivity index is 1.73. The summed E-state index contributed by atoms with van der Waals surface area (Å²) in [5.74, 6) is -0.166. The number of carbonyl (C=O) groups is 2. The summed E-state index contributed by atoms with van der Waals surface area (Å²) in [5, 5.41) is 3.38. The highest BCUT2D eigenvalue weighted by Gasteiger charge is 2.28. The fourth-order valence-electron chi connectivity index (χ4n) is 5.35. The molecule has 0 radical (unpaired) electrons. The third-order valence-electron chi connectivity index (χ3n) is 6.94. The van der Waals surface area contributed by atoms with E-state index in [0.29, 0.717) is 33.3 Å². The summed E-state index contributed by atoms with van der Waals surface area (Å²) in [4.78, 5) is 35.2. The van der Waals surface area contributed by atoms with Gasteiger partial charge in [0.25, 0.3) is 0 Å². The molecule has 0 aliphatic carbocycles. The Morgan fingerprint density at radius 3 is 1.31 bits per heavy atom. The number of H-pyrrole nitrogens is 2. The van der Waals surface area contributed by atoms with Crippen LogP contribution in [0.4, 0.5) is 0 Å². The fraction of sp³-hybridized carbons (Fsp3) is 0. The molecule has 0 aliphatic rings. The number of fused-ring (bicyclic) bond motifs is 6. The van der Waals surface area contributed by atoms with E-state index >= 15 is 0 Å². The molecule has 7 rings (SSSR count). The predicted octanol–water partition coefficient (Wildman–Crippen LogP) is 7.42. The highest BCUT2D eigenvalue weighted by molar-refractivity contribution is 6.37. The first kappa shape index (κ1) is 20.4. The van der Waals surface area contributed by atoms with Gasteiger partial charge in [-0.15, -0.1) is 0 Å². The van der Waals surface area contributed by atoms with E-state index in [1.165, 1.54) is 0 Å². The van der Waals surface area contributed by atoms with Gasteiger partial charge in [0.15, 0.2) is 11.6 Å². The molecule has 0 amide bonds. The Kier molecular flexibility index (Phi) is 4.42. The summed E-state index contributed by atoms with van der Waals surface area (Å²) < 4.78 is 0. The number of nitrogens with one attached hydrogen (secondary N) is 2. The van der Waals surface area contributed by atoms with Crippen LogP contribution in [0.2, 0.25) is 0 Å². The summed E-state index contributed by atoms with van der Waals surface area (Å²) in [6, 6.07) is 34.4. The molecule has 4 nitrogen and oxygen atoms in total. The number of aromatic nitrogens is 2. The van der Waals surface area contributed by atoms with Crippen LogP contribution in [-0.2, 0) is 0 Å². The van der Waals surface area contributed by atoms with Crippen molar-refractivity contribution < 1.29 is 9.59 Å². The molecule has 5 aromatic carbocycles. The lowest BCUT2D eigenvalue weighted by atomic mass is 9.89. The lowest BCUT2D eigenvalue weighted by molar-refractivity contribution is 0.103.